The van der Waals surface area contributed by atoms with Crippen LogP contribution in [0.25, 0.3) is 0 Å². The molecule has 2 atom stereocenters. The highest BCUT2D eigenvalue weighted by Gasteiger charge is 2.50. The minimum absolute atomic E-state index is 0.125. The topological polar surface area (TPSA) is 40.5 Å². The molecule has 1 fully saturated rings. The molecule has 2 N–H and O–H groups in total. The van der Waals surface area contributed by atoms with Crippen LogP contribution in [0.3, 0.4) is 0 Å². The lowest BCUT2D eigenvalue weighted by molar-refractivity contribution is 0.0848. The molecule has 0 aromatic heterocycles. The fourth-order valence-corrected chi connectivity index (χ4v) is 3.23. The van der Waals surface area contributed by atoms with Gasteiger partial charge in [0.25, 0.3) is 0 Å². The van der Waals surface area contributed by atoms with Crippen LogP contribution in [-0.2, 0) is 5.41 Å². The molecule has 2 heteroatoms. The van der Waals surface area contributed by atoms with Crippen molar-refractivity contribution in [2.24, 2.45) is 5.41 Å². The van der Waals surface area contributed by atoms with E-state index in [1.165, 1.54) is 0 Å². The predicted octanol–water partition coefficient (Wildman–Crippen LogP) is 3.14. The Morgan fingerprint density at radius 3 is 2.53 bits per heavy atom. The first kappa shape index (κ1) is 12.4. The van der Waals surface area contributed by atoms with Gasteiger partial charge in [0.2, 0.25) is 0 Å². The fraction of sp³-hybridized carbons (Fsp3) is 0.600. The normalized spacial score (nSPS) is 32.9. The van der Waals surface area contributed by atoms with Crippen molar-refractivity contribution >= 4 is 0 Å². The van der Waals surface area contributed by atoms with Crippen molar-refractivity contribution in [2.45, 2.75) is 45.4 Å². The van der Waals surface area contributed by atoms with Gasteiger partial charge in [0.15, 0.2) is 0 Å². The maximum Gasteiger partial charge on any atom is 0.119 e. The lowest BCUT2D eigenvalue weighted by Gasteiger charge is -2.40. The van der Waals surface area contributed by atoms with Crippen LogP contribution in [0.15, 0.2) is 18.2 Å². The molecule has 0 radical (unpaired) electrons. The SMILES string of the molecule is Cc1ccc([C@]2(C)CCC[C@]2(C)CO)c(O)c1. The summed E-state index contributed by atoms with van der Waals surface area (Å²) in [7, 11) is 0. The standard InChI is InChI=1S/C15H22O2/c1-11-5-6-12(13(17)9-11)15(3)8-4-7-14(15,2)10-16/h5-6,9,16-17H,4,7-8,10H2,1-3H3/t14-,15+/m1/s1. The van der Waals surface area contributed by atoms with Gasteiger partial charge in [-0.1, -0.05) is 32.4 Å². The van der Waals surface area contributed by atoms with Gasteiger partial charge in [-0.15, -0.1) is 0 Å². The monoisotopic (exact) mass is 234 g/mol. The summed E-state index contributed by atoms with van der Waals surface area (Å²) in [6.45, 7) is 6.45. The van der Waals surface area contributed by atoms with Crippen LogP contribution >= 0.6 is 0 Å². The van der Waals surface area contributed by atoms with Gasteiger partial charge in [-0.2, -0.15) is 0 Å². The van der Waals surface area contributed by atoms with Gasteiger partial charge >= 0.3 is 0 Å². The molecule has 0 bridgehead atoms. The van der Waals surface area contributed by atoms with Crippen LogP contribution in [0, 0.1) is 12.3 Å². The molecule has 0 unspecified atom stereocenters. The number of phenols is 1. The van der Waals surface area contributed by atoms with E-state index in [1.807, 2.05) is 25.1 Å². The lowest BCUT2D eigenvalue weighted by Crippen LogP contribution is -2.39. The van der Waals surface area contributed by atoms with Gasteiger partial charge in [0.1, 0.15) is 5.75 Å². The Morgan fingerprint density at radius 1 is 1.24 bits per heavy atom. The molecule has 0 heterocycles. The lowest BCUT2D eigenvalue weighted by atomic mass is 9.64. The van der Waals surface area contributed by atoms with E-state index in [-0.39, 0.29) is 17.4 Å². The second-order valence-electron chi connectivity index (χ2n) is 5.93. The molecule has 1 aromatic rings. The zero-order valence-electron chi connectivity index (χ0n) is 11.0. The van der Waals surface area contributed by atoms with Gasteiger partial charge < -0.3 is 10.2 Å². The molecule has 1 aliphatic rings. The zero-order valence-corrected chi connectivity index (χ0v) is 11.0. The molecule has 2 rings (SSSR count). The molecule has 2 nitrogen and oxygen atoms in total. The van der Waals surface area contributed by atoms with E-state index < -0.39 is 0 Å². The van der Waals surface area contributed by atoms with Crippen LogP contribution in [0.4, 0.5) is 0 Å². The maximum atomic E-state index is 10.2. The maximum absolute atomic E-state index is 10.2. The van der Waals surface area contributed by atoms with E-state index in [9.17, 15) is 10.2 Å². The second-order valence-corrected chi connectivity index (χ2v) is 5.93. The van der Waals surface area contributed by atoms with Crippen molar-refractivity contribution < 1.29 is 10.2 Å². The molecule has 1 saturated carbocycles. The minimum atomic E-state index is -0.125. The van der Waals surface area contributed by atoms with Crippen molar-refractivity contribution in [2.75, 3.05) is 6.61 Å². The molecule has 17 heavy (non-hydrogen) atoms. The third-order valence-electron chi connectivity index (χ3n) is 4.83. The Balaban J connectivity index is 2.51. The summed E-state index contributed by atoms with van der Waals surface area (Å²) in [5, 5.41) is 19.8. The summed E-state index contributed by atoms with van der Waals surface area (Å²) in [6, 6.07) is 5.87. The van der Waals surface area contributed by atoms with Crippen molar-refractivity contribution in [3.05, 3.63) is 29.3 Å². The average molecular weight is 234 g/mol. The highest BCUT2D eigenvalue weighted by Crippen LogP contribution is 2.55. The zero-order chi connectivity index (χ0) is 12.7. The van der Waals surface area contributed by atoms with E-state index in [4.69, 9.17) is 0 Å². The Bertz CT molecular complexity index is 427. The first-order valence-corrected chi connectivity index (χ1v) is 6.34. The second kappa shape index (κ2) is 4.02. The summed E-state index contributed by atoms with van der Waals surface area (Å²) in [4.78, 5) is 0. The van der Waals surface area contributed by atoms with Crippen LogP contribution < -0.4 is 0 Å². The largest absolute Gasteiger partial charge is 0.508 e. The van der Waals surface area contributed by atoms with E-state index in [0.29, 0.717) is 5.75 Å². The number of phenolic OH excluding ortho intramolecular Hbond substituents is 1. The smallest absolute Gasteiger partial charge is 0.119 e. The highest BCUT2D eigenvalue weighted by molar-refractivity contribution is 5.43. The number of aryl methyl sites for hydroxylation is 1. The molecule has 1 aliphatic carbocycles. The third kappa shape index (κ3) is 1.75. The van der Waals surface area contributed by atoms with E-state index in [1.54, 1.807) is 0 Å². The molecule has 1 aromatic carbocycles. The van der Waals surface area contributed by atoms with Gasteiger partial charge in [0.05, 0.1) is 0 Å². The summed E-state index contributed by atoms with van der Waals surface area (Å²) < 4.78 is 0. The van der Waals surface area contributed by atoms with E-state index in [0.717, 1.165) is 30.4 Å². The highest BCUT2D eigenvalue weighted by atomic mass is 16.3. The van der Waals surface area contributed by atoms with Crippen molar-refractivity contribution in [1.82, 2.24) is 0 Å². The molecular formula is C15H22O2. The van der Waals surface area contributed by atoms with Gasteiger partial charge in [0, 0.05) is 23.0 Å². The molecule has 0 saturated heterocycles. The van der Waals surface area contributed by atoms with Crippen molar-refractivity contribution in [1.29, 1.82) is 0 Å². The summed E-state index contributed by atoms with van der Waals surface area (Å²) in [5.41, 5.74) is 1.80. The molecule has 94 valence electrons. The number of aliphatic hydroxyl groups is 1. The van der Waals surface area contributed by atoms with Gasteiger partial charge in [-0.05, 0) is 31.4 Å². The Kier molecular flexibility index (Phi) is 2.94. The molecular weight excluding hydrogens is 212 g/mol. The van der Waals surface area contributed by atoms with Gasteiger partial charge in [-0.25, -0.2) is 0 Å². The summed E-state index contributed by atoms with van der Waals surface area (Å²) in [5.74, 6) is 0.370. The summed E-state index contributed by atoms with van der Waals surface area (Å²) in [6.07, 6.45) is 3.16. The number of hydrogen-bond acceptors (Lipinski definition) is 2. The quantitative estimate of drug-likeness (QED) is 0.825. The third-order valence-corrected chi connectivity index (χ3v) is 4.83. The van der Waals surface area contributed by atoms with Crippen LogP contribution in [-0.4, -0.2) is 16.8 Å². The van der Waals surface area contributed by atoms with Crippen LogP contribution in [0.2, 0.25) is 0 Å². The van der Waals surface area contributed by atoms with E-state index in [2.05, 4.69) is 13.8 Å². The number of rotatable bonds is 2. The Hall–Kier alpha value is -1.02. The van der Waals surface area contributed by atoms with Crippen LogP contribution in [0.1, 0.15) is 44.2 Å². The number of aliphatic hydroxyl groups excluding tert-OH is 1. The summed E-state index contributed by atoms with van der Waals surface area (Å²) >= 11 is 0. The average Bonchev–Trinajstić information content (AvgIpc) is 2.56. The van der Waals surface area contributed by atoms with Crippen molar-refractivity contribution in [3.63, 3.8) is 0 Å². The Labute approximate surface area is 103 Å². The number of aromatic hydroxyl groups is 1. The Morgan fingerprint density at radius 2 is 1.94 bits per heavy atom. The van der Waals surface area contributed by atoms with Crippen molar-refractivity contribution in [3.8, 4) is 5.75 Å². The number of benzene rings is 1. The van der Waals surface area contributed by atoms with E-state index >= 15 is 0 Å². The first-order valence-electron chi connectivity index (χ1n) is 6.34. The predicted molar refractivity (Wildman–Crippen MR) is 69.2 cm³/mol. The molecule has 0 spiro atoms. The first-order chi connectivity index (χ1) is 7.93. The molecule has 0 amide bonds. The number of hydrogen-bond donors (Lipinski definition) is 2. The van der Waals surface area contributed by atoms with Gasteiger partial charge in [-0.3, -0.25) is 0 Å². The minimum Gasteiger partial charge on any atom is -0.508 e. The van der Waals surface area contributed by atoms with Crippen LogP contribution in [0.5, 0.6) is 5.75 Å². The molecule has 0 aliphatic heterocycles. The fourth-order valence-electron chi connectivity index (χ4n) is 3.23.